The number of hydrogen-bond donors (Lipinski definition) is 1. The van der Waals surface area contributed by atoms with Crippen LogP contribution in [0.15, 0.2) is 48.7 Å². The van der Waals surface area contributed by atoms with Crippen LogP contribution in [0, 0.1) is 5.82 Å². The van der Waals surface area contributed by atoms with E-state index in [2.05, 4.69) is 4.98 Å². The molecule has 1 aromatic heterocycles. The summed E-state index contributed by atoms with van der Waals surface area (Å²) in [5.41, 5.74) is 1.37. The standard InChI is InChI=1S/C13H12FNO/c14-11-5-3-4-10(8-11)9-13(16)12-6-1-2-7-15-12/h1-8,13,16H,9H2. The molecule has 2 nitrogen and oxygen atoms in total. The number of aromatic nitrogens is 1. The first-order valence-electron chi connectivity index (χ1n) is 5.09. The summed E-state index contributed by atoms with van der Waals surface area (Å²) in [5.74, 6) is -0.286. The molecular weight excluding hydrogens is 205 g/mol. The molecule has 0 aliphatic carbocycles. The molecule has 3 heteroatoms. The van der Waals surface area contributed by atoms with Crippen LogP contribution in [0.4, 0.5) is 4.39 Å². The minimum absolute atomic E-state index is 0.286. The molecule has 0 aliphatic heterocycles. The Morgan fingerprint density at radius 3 is 2.75 bits per heavy atom. The highest BCUT2D eigenvalue weighted by molar-refractivity contribution is 5.19. The Morgan fingerprint density at radius 2 is 2.06 bits per heavy atom. The van der Waals surface area contributed by atoms with Crippen LogP contribution in [0.25, 0.3) is 0 Å². The van der Waals surface area contributed by atoms with Gasteiger partial charge in [-0.15, -0.1) is 0 Å². The topological polar surface area (TPSA) is 33.1 Å². The maximum Gasteiger partial charge on any atom is 0.123 e. The lowest BCUT2D eigenvalue weighted by Gasteiger charge is -2.09. The van der Waals surface area contributed by atoms with Gasteiger partial charge >= 0.3 is 0 Å². The zero-order valence-corrected chi connectivity index (χ0v) is 8.68. The lowest BCUT2D eigenvalue weighted by molar-refractivity contribution is 0.173. The average molecular weight is 217 g/mol. The molecule has 2 rings (SSSR count). The van der Waals surface area contributed by atoms with Crippen LogP contribution in [0.1, 0.15) is 17.4 Å². The second-order valence-corrected chi connectivity index (χ2v) is 3.60. The number of halogens is 1. The highest BCUT2D eigenvalue weighted by Gasteiger charge is 2.09. The molecule has 0 amide bonds. The summed E-state index contributed by atoms with van der Waals surface area (Å²) >= 11 is 0. The summed E-state index contributed by atoms with van der Waals surface area (Å²) in [6, 6.07) is 11.6. The zero-order chi connectivity index (χ0) is 11.4. The van der Waals surface area contributed by atoms with E-state index in [1.807, 2.05) is 6.07 Å². The van der Waals surface area contributed by atoms with E-state index < -0.39 is 6.10 Å². The van der Waals surface area contributed by atoms with Crippen LogP contribution in [0.3, 0.4) is 0 Å². The Hall–Kier alpha value is -1.74. The maximum atomic E-state index is 12.9. The number of rotatable bonds is 3. The fourth-order valence-corrected chi connectivity index (χ4v) is 1.56. The van der Waals surface area contributed by atoms with Gasteiger partial charge in [0, 0.05) is 12.6 Å². The van der Waals surface area contributed by atoms with Crippen molar-refractivity contribution < 1.29 is 9.50 Å². The highest BCUT2D eigenvalue weighted by atomic mass is 19.1. The van der Waals surface area contributed by atoms with Crippen LogP contribution in [0.5, 0.6) is 0 Å². The number of aliphatic hydroxyl groups is 1. The van der Waals surface area contributed by atoms with Gasteiger partial charge in [0.15, 0.2) is 0 Å². The van der Waals surface area contributed by atoms with Gasteiger partial charge in [-0.3, -0.25) is 4.98 Å². The van der Waals surface area contributed by atoms with Gasteiger partial charge in [-0.1, -0.05) is 18.2 Å². The van der Waals surface area contributed by atoms with Crippen molar-refractivity contribution in [1.29, 1.82) is 0 Å². The van der Waals surface area contributed by atoms with Crippen LogP contribution in [0.2, 0.25) is 0 Å². The average Bonchev–Trinajstić information content (AvgIpc) is 2.30. The molecule has 0 radical (unpaired) electrons. The Kier molecular flexibility index (Phi) is 3.27. The number of nitrogens with zero attached hydrogens (tertiary/aromatic N) is 1. The quantitative estimate of drug-likeness (QED) is 0.856. The number of hydrogen-bond acceptors (Lipinski definition) is 2. The molecule has 1 unspecified atom stereocenters. The van der Waals surface area contributed by atoms with Gasteiger partial charge in [-0.25, -0.2) is 4.39 Å². The molecule has 1 N–H and O–H groups in total. The number of pyridine rings is 1. The van der Waals surface area contributed by atoms with Crippen LogP contribution < -0.4 is 0 Å². The van der Waals surface area contributed by atoms with Crippen molar-refractivity contribution in [2.75, 3.05) is 0 Å². The van der Waals surface area contributed by atoms with E-state index in [-0.39, 0.29) is 5.82 Å². The first-order chi connectivity index (χ1) is 7.75. The number of benzene rings is 1. The third-order valence-electron chi connectivity index (χ3n) is 2.35. The summed E-state index contributed by atoms with van der Waals surface area (Å²) in [6.45, 7) is 0. The first kappa shape index (κ1) is 10.8. The Balaban J connectivity index is 2.11. The fraction of sp³-hybridized carbons (Fsp3) is 0.154. The van der Waals surface area contributed by atoms with Crippen LogP contribution >= 0.6 is 0 Å². The summed E-state index contributed by atoms with van der Waals surface area (Å²) in [4.78, 5) is 4.05. The maximum absolute atomic E-state index is 12.9. The molecule has 0 bridgehead atoms. The largest absolute Gasteiger partial charge is 0.386 e. The van der Waals surface area contributed by atoms with E-state index in [4.69, 9.17) is 0 Å². The zero-order valence-electron chi connectivity index (χ0n) is 8.68. The molecule has 0 fully saturated rings. The minimum atomic E-state index is -0.692. The third kappa shape index (κ3) is 2.64. The van der Waals surface area contributed by atoms with Gasteiger partial charge in [0.05, 0.1) is 11.8 Å². The van der Waals surface area contributed by atoms with Crippen molar-refractivity contribution in [1.82, 2.24) is 4.98 Å². The summed E-state index contributed by atoms with van der Waals surface area (Å²) in [5, 5.41) is 9.88. The van der Waals surface area contributed by atoms with Crippen molar-refractivity contribution in [3.05, 3.63) is 65.7 Å². The second-order valence-electron chi connectivity index (χ2n) is 3.60. The normalized spacial score (nSPS) is 12.4. The monoisotopic (exact) mass is 217 g/mol. The Morgan fingerprint density at radius 1 is 1.19 bits per heavy atom. The molecular formula is C13H12FNO. The fourth-order valence-electron chi connectivity index (χ4n) is 1.56. The predicted octanol–water partition coefficient (Wildman–Crippen LogP) is 2.50. The third-order valence-corrected chi connectivity index (χ3v) is 2.35. The molecule has 0 aliphatic rings. The van der Waals surface area contributed by atoms with E-state index >= 15 is 0 Å². The lowest BCUT2D eigenvalue weighted by Crippen LogP contribution is -2.03. The highest BCUT2D eigenvalue weighted by Crippen LogP contribution is 2.16. The van der Waals surface area contributed by atoms with Crippen molar-refractivity contribution in [2.24, 2.45) is 0 Å². The smallest absolute Gasteiger partial charge is 0.123 e. The van der Waals surface area contributed by atoms with Crippen LogP contribution in [-0.2, 0) is 6.42 Å². The molecule has 82 valence electrons. The summed E-state index contributed by atoms with van der Waals surface area (Å²) < 4.78 is 12.9. The first-order valence-corrected chi connectivity index (χ1v) is 5.09. The van der Waals surface area contributed by atoms with Crippen molar-refractivity contribution in [3.63, 3.8) is 0 Å². The lowest BCUT2D eigenvalue weighted by atomic mass is 10.1. The summed E-state index contributed by atoms with van der Waals surface area (Å²) in [6.07, 6.45) is 1.31. The van der Waals surface area contributed by atoms with E-state index in [9.17, 15) is 9.50 Å². The second kappa shape index (κ2) is 4.86. The number of aliphatic hydroxyl groups excluding tert-OH is 1. The molecule has 2 aromatic rings. The molecule has 1 aromatic carbocycles. The van der Waals surface area contributed by atoms with Gasteiger partial charge in [0.1, 0.15) is 5.82 Å². The van der Waals surface area contributed by atoms with E-state index in [1.54, 1.807) is 30.5 Å². The van der Waals surface area contributed by atoms with Crippen molar-refractivity contribution in [2.45, 2.75) is 12.5 Å². The predicted molar refractivity (Wildman–Crippen MR) is 59.3 cm³/mol. The van der Waals surface area contributed by atoms with Gasteiger partial charge in [-0.2, -0.15) is 0 Å². The molecule has 16 heavy (non-hydrogen) atoms. The van der Waals surface area contributed by atoms with Crippen molar-refractivity contribution >= 4 is 0 Å². The van der Waals surface area contributed by atoms with Gasteiger partial charge < -0.3 is 5.11 Å². The van der Waals surface area contributed by atoms with E-state index in [0.29, 0.717) is 12.1 Å². The minimum Gasteiger partial charge on any atom is -0.386 e. The van der Waals surface area contributed by atoms with Gasteiger partial charge in [0.2, 0.25) is 0 Å². The SMILES string of the molecule is OC(Cc1cccc(F)c1)c1ccccn1. The van der Waals surface area contributed by atoms with E-state index in [1.165, 1.54) is 12.1 Å². The van der Waals surface area contributed by atoms with E-state index in [0.717, 1.165) is 5.56 Å². The van der Waals surface area contributed by atoms with Crippen LogP contribution in [-0.4, -0.2) is 10.1 Å². The Bertz CT molecular complexity index is 458. The molecule has 1 atom stereocenters. The molecule has 0 saturated heterocycles. The van der Waals surface area contributed by atoms with Gasteiger partial charge in [-0.05, 0) is 29.8 Å². The van der Waals surface area contributed by atoms with Crippen molar-refractivity contribution in [3.8, 4) is 0 Å². The molecule has 0 saturated carbocycles. The Labute approximate surface area is 93.4 Å². The van der Waals surface area contributed by atoms with Gasteiger partial charge in [0.25, 0.3) is 0 Å². The molecule has 0 spiro atoms. The summed E-state index contributed by atoms with van der Waals surface area (Å²) in [7, 11) is 0. The molecule has 1 heterocycles.